The highest BCUT2D eigenvalue weighted by Crippen LogP contribution is 2.11. The number of aliphatic hydroxyl groups excluding tert-OH is 1. The van der Waals surface area contributed by atoms with Crippen LogP contribution in [0.5, 0.6) is 0 Å². The fraction of sp³-hybridized carbons (Fsp3) is 0.462. The van der Waals surface area contributed by atoms with E-state index >= 15 is 0 Å². The van der Waals surface area contributed by atoms with Crippen LogP contribution < -0.4 is 10.5 Å². The lowest BCUT2D eigenvalue weighted by atomic mass is 10.1. The molecule has 0 saturated heterocycles. The van der Waals surface area contributed by atoms with Crippen LogP contribution in [-0.4, -0.2) is 32.6 Å². The van der Waals surface area contributed by atoms with Crippen LogP contribution >= 0.6 is 0 Å². The number of carbonyl (C=O) groups excluding carboxylic acids is 1. The van der Waals surface area contributed by atoms with Gasteiger partial charge in [0.2, 0.25) is 15.9 Å². The first-order valence-corrected chi connectivity index (χ1v) is 7.85. The van der Waals surface area contributed by atoms with E-state index in [1.165, 1.54) is 24.3 Å². The molecule has 1 aromatic carbocycles. The topological polar surface area (TPSA) is 109 Å². The van der Waals surface area contributed by atoms with Crippen LogP contribution in [0.15, 0.2) is 29.2 Å². The Balaban J connectivity index is 2.58. The van der Waals surface area contributed by atoms with Gasteiger partial charge in [-0.15, -0.1) is 0 Å². The van der Waals surface area contributed by atoms with Gasteiger partial charge in [0, 0.05) is 18.7 Å². The molecule has 0 aliphatic rings. The average Bonchev–Trinajstić information content (AvgIpc) is 2.43. The van der Waals surface area contributed by atoms with Crippen LogP contribution in [0.3, 0.4) is 0 Å². The van der Waals surface area contributed by atoms with Crippen molar-refractivity contribution < 1.29 is 18.3 Å². The third-order valence-corrected chi connectivity index (χ3v) is 4.40. The van der Waals surface area contributed by atoms with Crippen LogP contribution in [-0.2, 0) is 10.0 Å². The number of carbonyl (C=O) groups is 1. The molecule has 0 heterocycles. The van der Waals surface area contributed by atoms with E-state index in [1.807, 2.05) is 6.92 Å². The zero-order valence-corrected chi connectivity index (χ0v) is 12.2. The Morgan fingerprint density at radius 2 is 1.95 bits per heavy atom. The molecule has 0 aromatic heterocycles. The first kappa shape index (κ1) is 16.6. The Kier molecular flexibility index (Phi) is 6.12. The summed E-state index contributed by atoms with van der Waals surface area (Å²) in [5, 5.41) is 8.87. The van der Waals surface area contributed by atoms with Crippen molar-refractivity contribution in [3.63, 3.8) is 0 Å². The summed E-state index contributed by atoms with van der Waals surface area (Å²) in [5.41, 5.74) is 5.35. The third-order valence-electron chi connectivity index (χ3n) is 2.93. The Labute approximate surface area is 119 Å². The minimum absolute atomic E-state index is 0.0951. The van der Waals surface area contributed by atoms with Gasteiger partial charge in [-0.05, 0) is 43.0 Å². The molecule has 1 amide bonds. The molecule has 6 nitrogen and oxygen atoms in total. The number of nitrogens with one attached hydrogen (secondary N) is 1. The van der Waals surface area contributed by atoms with E-state index < -0.39 is 15.9 Å². The first-order valence-electron chi connectivity index (χ1n) is 6.37. The summed E-state index contributed by atoms with van der Waals surface area (Å²) in [6.07, 6.45) is 1.40. The van der Waals surface area contributed by atoms with Gasteiger partial charge in [-0.1, -0.05) is 6.92 Å². The smallest absolute Gasteiger partial charge is 0.248 e. The standard InChI is InChI=1S/C13H20N2O4S/c1-10(9-16)3-2-8-15-20(18,19)12-6-4-11(5-7-12)13(14)17/h4-7,10,15-16H,2-3,8-9H2,1H3,(H2,14,17). The Hall–Kier alpha value is -1.44. The predicted octanol–water partition coefficient (Wildman–Crippen LogP) is 0.472. The second kappa shape index (κ2) is 7.37. The van der Waals surface area contributed by atoms with Crippen molar-refractivity contribution in [1.29, 1.82) is 0 Å². The SMILES string of the molecule is CC(CO)CCCNS(=O)(=O)c1ccc(C(N)=O)cc1. The summed E-state index contributed by atoms with van der Waals surface area (Å²) in [4.78, 5) is 11.0. The van der Waals surface area contributed by atoms with Gasteiger partial charge in [-0.3, -0.25) is 4.79 Å². The highest BCUT2D eigenvalue weighted by atomic mass is 32.2. The summed E-state index contributed by atoms with van der Waals surface area (Å²) in [7, 11) is -3.57. The maximum Gasteiger partial charge on any atom is 0.248 e. The minimum atomic E-state index is -3.57. The molecule has 0 saturated carbocycles. The molecular weight excluding hydrogens is 280 g/mol. The first-order chi connectivity index (χ1) is 9.36. The van der Waals surface area contributed by atoms with E-state index in [2.05, 4.69) is 4.72 Å². The Morgan fingerprint density at radius 3 is 2.45 bits per heavy atom. The van der Waals surface area contributed by atoms with E-state index in [1.54, 1.807) is 0 Å². The monoisotopic (exact) mass is 300 g/mol. The van der Waals surface area contributed by atoms with Gasteiger partial charge in [0.1, 0.15) is 0 Å². The lowest BCUT2D eigenvalue weighted by molar-refractivity contribution is 0.1000. The number of benzene rings is 1. The number of hydrogen-bond acceptors (Lipinski definition) is 4. The zero-order valence-electron chi connectivity index (χ0n) is 11.4. The van der Waals surface area contributed by atoms with Gasteiger partial charge in [-0.25, -0.2) is 13.1 Å². The van der Waals surface area contributed by atoms with Gasteiger partial charge in [0.05, 0.1) is 4.90 Å². The second-order valence-electron chi connectivity index (χ2n) is 4.72. The van der Waals surface area contributed by atoms with Gasteiger partial charge < -0.3 is 10.8 Å². The van der Waals surface area contributed by atoms with Gasteiger partial charge in [-0.2, -0.15) is 0 Å². The van der Waals surface area contributed by atoms with E-state index in [9.17, 15) is 13.2 Å². The molecule has 1 aromatic rings. The van der Waals surface area contributed by atoms with Crippen LogP contribution in [0.4, 0.5) is 0 Å². The van der Waals surface area contributed by atoms with Crippen LogP contribution in [0.25, 0.3) is 0 Å². The highest BCUT2D eigenvalue weighted by Gasteiger charge is 2.13. The molecule has 0 bridgehead atoms. The molecule has 0 spiro atoms. The lowest BCUT2D eigenvalue weighted by Crippen LogP contribution is -2.25. The van der Waals surface area contributed by atoms with Crippen molar-refractivity contribution in [2.45, 2.75) is 24.7 Å². The van der Waals surface area contributed by atoms with Crippen molar-refractivity contribution in [2.75, 3.05) is 13.2 Å². The quantitative estimate of drug-likeness (QED) is 0.606. The largest absolute Gasteiger partial charge is 0.396 e. The molecule has 0 radical (unpaired) electrons. The molecule has 1 atom stereocenters. The summed E-state index contributed by atoms with van der Waals surface area (Å²) in [6.45, 7) is 2.31. The van der Waals surface area contributed by atoms with Gasteiger partial charge in [0.15, 0.2) is 0 Å². The molecule has 1 rings (SSSR count). The molecular formula is C13H20N2O4S. The van der Waals surface area contributed by atoms with Crippen molar-refractivity contribution in [3.05, 3.63) is 29.8 Å². The third kappa shape index (κ3) is 4.92. The summed E-state index contributed by atoms with van der Waals surface area (Å²) in [5.74, 6) is -0.436. The normalized spacial score (nSPS) is 13.1. The van der Waals surface area contributed by atoms with E-state index in [4.69, 9.17) is 10.8 Å². The summed E-state index contributed by atoms with van der Waals surface area (Å²) >= 11 is 0. The van der Waals surface area contributed by atoms with Crippen LogP contribution in [0.2, 0.25) is 0 Å². The zero-order chi connectivity index (χ0) is 15.2. The van der Waals surface area contributed by atoms with Crippen molar-refractivity contribution in [2.24, 2.45) is 11.7 Å². The number of primary amides is 1. The molecule has 1 unspecified atom stereocenters. The maximum atomic E-state index is 12.0. The van der Waals surface area contributed by atoms with Crippen molar-refractivity contribution in [1.82, 2.24) is 4.72 Å². The number of sulfonamides is 1. The number of nitrogens with two attached hydrogens (primary N) is 1. The molecule has 0 aliphatic heterocycles. The average molecular weight is 300 g/mol. The molecule has 4 N–H and O–H groups in total. The fourth-order valence-corrected chi connectivity index (χ4v) is 2.70. The van der Waals surface area contributed by atoms with Crippen molar-refractivity contribution in [3.8, 4) is 0 Å². The van der Waals surface area contributed by atoms with Gasteiger partial charge in [0.25, 0.3) is 0 Å². The highest BCUT2D eigenvalue weighted by molar-refractivity contribution is 7.89. The Bertz CT molecular complexity index is 540. The molecule has 0 fully saturated rings. The number of aliphatic hydroxyl groups is 1. The number of hydrogen-bond donors (Lipinski definition) is 3. The number of amides is 1. The van der Waals surface area contributed by atoms with Crippen LogP contribution in [0.1, 0.15) is 30.1 Å². The van der Waals surface area contributed by atoms with Gasteiger partial charge >= 0.3 is 0 Å². The van der Waals surface area contributed by atoms with Crippen molar-refractivity contribution >= 4 is 15.9 Å². The predicted molar refractivity (Wildman–Crippen MR) is 75.6 cm³/mol. The summed E-state index contributed by atoms with van der Waals surface area (Å²) < 4.78 is 26.4. The molecule has 112 valence electrons. The Morgan fingerprint density at radius 1 is 1.35 bits per heavy atom. The van der Waals surface area contributed by atoms with Crippen LogP contribution in [0, 0.1) is 5.92 Å². The maximum absolute atomic E-state index is 12.0. The number of rotatable bonds is 8. The van der Waals surface area contributed by atoms with E-state index in [-0.39, 0.29) is 23.0 Å². The summed E-state index contributed by atoms with van der Waals surface area (Å²) in [6, 6.07) is 5.45. The van der Waals surface area contributed by atoms with E-state index in [0.29, 0.717) is 13.0 Å². The molecule has 0 aliphatic carbocycles. The molecule has 20 heavy (non-hydrogen) atoms. The molecule has 7 heteroatoms. The fourth-order valence-electron chi connectivity index (χ4n) is 1.63. The second-order valence-corrected chi connectivity index (χ2v) is 6.48. The van der Waals surface area contributed by atoms with E-state index in [0.717, 1.165) is 6.42 Å². The minimum Gasteiger partial charge on any atom is -0.396 e. The lowest BCUT2D eigenvalue weighted by Gasteiger charge is -2.09.